The zero-order valence-electron chi connectivity index (χ0n) is 32.3. The standard InChI is InChI=1S/C41H55N5O9S/c1-30(2)28-54-39(50)41(42,23-11-13-25-44-56(52,53)35-21-19-31(3)20-22-35)38(49)46-36(26-32-14-6-4-7-15-32)37(48)45-34(27-47)18-10-12-24-43-40(51)55-29-33-16-8-5-9-17-33/h4-9,14-17,19-22,27,30,34,36,44H,10-13,18,23-26,28-29,42H2,1-3H3,(H,43,51)(H,45,48)(H,46,49)/t34-,36-,41+/m0/s1. The Hall–Kier alpha value is -5.12. The summed E-state index contributed by atoms with van der Waals surface area (Å²) in [6, 6.07) is 22.4. The number of alkyl carbamates (subject to hydrolysis) is 1. The Morgan fingerprint density at radius 3 is 2.05 bits per heavy atom. The quantitative estimate of drug-likeness (QED) is 0.0383. The van der Waals surface area contributed by atoms with E-state index in [0.29, 0.717) is 31.2 Å². The van der Waals surface area contributed by atoms with Crippen LogP contribution in [0.25, 0.3) is 0 Å². The minimum atomic E-state index is -3.78. The van der Waals surface area contributed by atoms with Crippen LogP contribution in [-0.4, -0.2) is 75.9 Å². The summed E-state index contributed by atoms with van der Waals surface area (Å²) >= 11 is 0. The number of amides is 3. The minimum Gasteiger partial charge on any atom is -0.464 e. The molecule has 0 radical (unpaired) electrons. The van der Waals surface area contributed by atoms with Crippen LogP contribution in [0.4, 0.5) is 4.79 Å². The largest absolute Gasteiger partial charge is 0.464 e. The third kappa shape index (κ3) is 15.6. The second kappa shape index (κ2) is 23.1. The predicted molar refractivity (Wildman–Crippen MR) is 211 cm³/mol. The fraction of sp³-hybridized carbons (Fsp3) is 0.439. The molecule has 0 aliphatic rings. The van der Waals surface area contributed by atoms with Gasteiger partial charge in [-0.1, -0.05) is 92.2 Å². The molecule has 3 atom stereocenters. The van der Waals surface area contributed by atoms with Crippen molar-refractivity contribution in [3.63, 3.8) is 0 Å². The molecule has 3 amide bonds. The highest BCUT2D eigenvalue weighted by atomic mass is 32.2. The highest BCUT2D eigenvalue weighted by molar-refractivity contribution is 7.89. The molecule has 0 spiro atoms. The van der Waals surface area contributed by atoms with E-state index in [1.165, 1.54) is 12.1 Å². The first-order valence-electron chi connectivity index (χ1n) is 18.8. The van der Waals surface area contributed by atoms with Crippen LogP contribution in [0.2, 0.25) is 0 Å². The molecule has 14 nitrogen and oxygen atoms in total. The normalized spacial score (nSPS) is 13.4. The number of sulfonamides is 1. The van der Waals surface area contributed by atoms with Gasteiger partial charge in [-0.2, -0.15) is 0 Å². The second-order valence-corrected chi connectivity index (χ2v) is 15.8. The summed E-state index contributed by atoms with van der Waals surface area (Å²) in [5, 5.41) is 7.99. The number of nitrogens with two attached hydrogens (primary N) is 1. The van der Waals surface area contributed by atoms with E-state index in [2.05, 4.69) is 20.7 Å². The SMILES string of the molecule is Cc1ccc(S(=O)(=O)NCCCC[C@@](N)(C(=O)N[C@@H](Cc2ccccc2)C(=O)N[C@H](C=O)CCCCNC(=O)OCc2ccccc2)C(=O)OCC(C)C)cc1. The summed E-state index contributed by atoms with van der Waals surface area (Å²) in [6.07, 6.45) is 1.51. The molecule has 304 valence electrons. The Balaban J connectivity index is 1.62. The number of nitrogens with one attached hydrogen (secondary N) is 4. The summed E-state index contributed by atoms with van der Waals surface area (Å²) in [5.41, 5.74) is 6.79. The summed E-state index contributed by atoms with van der Waals surface area (Å²) in [4.78, 5) is 65.2. The molecule has 0 heterocycles. The fourth-order valence-corrected chi connectivity index (χ4v) is 6.55. The van der Waals surface area contributed by atoms with Gasteiger partial charge in [-0.3, -0.25) is 9.59 Å². The van der Waals surface area contributed by atoms with E-state index in [0.717, 1.165) is 11.1 Å². The first kappa shape index (κ1) is 45.3. The van der Waals surface area contributed by atoms with Crippen molar-refractivity contribution in [2.24, 2.45) is 11.7 Å². The van der Waals surface area contributed by atoms with E-state index < -0.39 is 51.5 Å². The van der Waals surface area contributed by atoms with Crippen LogP contribution in [0.3, 0.4) is 0 Å². The Morgan fingerprint density at radius 1 is 0.804 bits per heavy atom. The van der Waals surface area contributed by atoms with Crippen molar-refractivity contribution in [2.45, 2.75) is 94.8 Å². The summed E-state index contributed by atoms with van der Waals surface area (Å²) < 4.78 is 38.6. The Labute approximate surface area is 329 Å². The highest BCUT2D eigenvalue weighted by Crippen LogP contribution is 2.18. The van der Waals surface area contributed by atoms with Crippen molar-refractivity contribution >= 4 is 40.2 Å². The van der Waals surface area contributed by atoms with Gasteiger partial charge in [-0.15, -0.1) is 0 Å². The maximum absolute atomic E-state index is 13.9. The van der Waals surface area contributed by atoms with Crippen molar-refractivity contribution in [1.29, 1.82) is 0 Å². The molecule has 6 N–H and O–H groups in total. The lowest BCUT2D eigenvalue weighted by atomic mass is 9.91. The van der Waals surface area contributed by atoms with Gasteiger partial charge in [0.1, 0.15) is 18.9 Å². The lowest BCUT2D eigenvalue weighted by Crippen LogP contribution is -2.64. The van der Waals surface area contributed by atoms with Gasteiger partial charge >= 0.3 is 12.1 Å². The first-order valence-corrected chi connectivity index (χ1v) is 20.3. The third-order valence-electron chi connectivity index (χ3n) is 8.76. The number of carbonyl (C=O) groups is 5. The van der Waals surface area contributed by atoms with Gasteiger partial charge in [0.2, 0.25) is 15.9 Å². The average Bonchev–Trinajstić information content (AvgIpc) is 3.18. The van der Waals surface area contributed by atoms with E-state index in [9.17, 15) is 32.4 Å². The van der Waals surface area contributed by atoms with E-state index in [4.69, 9.17) is 15.2 Å². The molecule has 56 heavy (non-hydrogen) atoms. The lowest BCUT2D eigenvalue weighted by molar-refractivity contribution is -0.156. The van der Waals surface area contributed by atoms with Gasteiger partial charge in [-0.25, -0.2) is 22.7 Å². The average molecular weight is 794 g/mol. The number of aryl methyl sites for hydroxylation is 1. The second-order valence-electron chi connectivity index (χ2n) is 14.1. The van der Waals surface area contributed by atoms with Crippen molar-refractivity contribution in [2.75, 3.05) is 19.7 Å². The van der Waals surface area contributed by atoms with E-state index in [1.54, 1.807) is 42.5 Å². The van der Waals surface area contributed by atoms with Crippen LogP contribution in [0.15, 0.2) is 89.8 Å². The van der Waals surface area contributed by atoms with Crippen LogP contribution < -0.4 is 26.4 Å². The van der Waals surface area contributed by atoms with Crippen LogP contribution in [0.1, 0.15) is 69.1 Å². The topological polar surface area (TPSA) is 212 Å². The number of benzene rings is 3. The number of hydrogen-bond donors (Lipinski definition) is 5. The van der Waals surface area contributed by atoms with E-state index in [1.807, 2.05) is 51.1 Å². The number of unbranched alkanes of at least 4 members (excludes halogenated alkanes) is 2. The summed E-state index contributed by atoms with van der Waals surface area (Å²) in [5.74, 6) is -2.64. The zero-order chi connectivity index (χ0) is 41.0. The van der Waals surface area contributed by atoms with Crippen molar-refractivity contribution in [3.8, 4) is 0 Å². The minimum absolute atomic E-state index is 0.000743. The molecule has 0 aliphatic heterocycles. The van der Waals surface area contributed by atoms with Gasteiger partial charge in [0.15, 0.2) is 5.54 Å². The molecule has 0 saturated carbocycles. The molecule has 3 aromatic carbocycles. The highest BCUT2D eigenvalue weighted by Gasteiger charge is 2.44. The molecule has 3 aromatic rings. The maximum Gasteiger partial charge on any atom is 0.407 e. The first-order chi connectivity index (χ1) is 26.7. The Bertz CT molecular complexity index is 1810. The fourth-order valence-electron chi connectivity index (χ4n) is 5.47. The zero-order valence-corrected chi connectivity index (χ0v) is 33.1. The number of aldehydes is 1. The van der Waals surface area contributed by atoms with Crippen LogP contribution in [-0.2, 0) is 51.7 Å². The van der Waals surface area contributed by atoms with Crippen molar-refractivity contribution < 1.29 is 41.9 Å². The van der Waals surface area contributed by atoms with Gasteiger partial charge in [0.25, 0.3) is 5.91 Å². The van der Waals surface area contributed by atoms with Gasteiger partial charge < -0.3 is 36.0 Å². The summed E-state index contributed by atoms with van der Waals surface area (Å²) in [6.45, 7) is 5.96. The Morgan fingerprint density at radius 2 is 1.43 bits per heavy atom. The number of rotatable bonds is 24. The maximum atomic E-state index is 13.9. The lowest BCUT2D eigenvalue weighted by Gasteiger charge is -2.29. The van der Waals surface area contributed by atoms with Crippen molar-refractivity contribution in [1.82, 2.24) is 20.7 Å². The molecule has 0 aromatic heterocycles. The molecule has 0 bridgehead atoms. The monoisotopic (exact) mass is 793 g/mol. The number of hydrogen-bond acceptors (Lipinski definition) is 10. The molecule has 3 rings (SSSR count). The van der Waals surface area contributed by atoms with Gasteiger partial charge in [0, 0.05) is 19.5 Å². The van der Waals surface area contributed by atoms with Crippen LogP contribution >= 0.6 is 0 Å². The van der Waals surface area contributed by atoms with Gasteiger partial charge in [-0.05, 0) is 74.6 Å². The Kier molecular flexibility index (Phi) is 18.6. The summed E-state index contributed by atoms with van der Waals surface area (Å²) in [7, 11) is -3.78. The molecule has 0 fully saturated rings. The number of carbonyl (C=O) groups excluding carboxylic acids is 5. The van der Waals surface area contributed by atoms with Crippen LogP contribution in [0.5, 0.6) is 0 Å². The molecule has 15 heteroatoms. The van der Waals surface area contributed by atoms with Gasteiger partial charge in [0.05, 0.1) is 17.5 Å². The van der Waals surface area contributed by atoms with E-state index >= 15 is 0 Å². The molecular formula is C41H55N5O9S. The van der Waals surface area contributed by atoms with E-state index in [-0.39, 0.29) is 62.7 Å². The molecular weight excluding hydrogens is 739 g/mol. The number of esters is 1. The molecule has 0 unspecified atom stereocenters. The predicted octanol–water partition coefficient (Wildman–Crippen LogP) is 3.85. The smallest absolute Gasteiger partial charge is 0.407 e. The van der Waals surface area contributed by atoms with Crippen molar-refractivity contribution in [3.05, 3.63) is 102 Å². The number of ether oxygens (including phenoxy) is 2. The molecule has 0 saturated heterocycles. The van der Waals surface area contributed by atoms with Crippen LogP contribution in [0, 0.1) is 12.8 Å². The molecule has 0 aliphatic carbocycles. The third-order valence-corrected chi connectivity index (χ3v) is 10.2.